The highest BCUT2D eigenvalue weighted by Crippen LogP contribution is 2.29. The van der Waals surface area contributed by atoms with Crippen molar-refractivity contribution >= 4 is 49.5 Å². The van der Waals surface area contributed by atoms with Crippen molar-refractivity contribution in [3.8, 4) is 0 Å². The molecule has 0 unspecified atom stereocenters. The zero-order chi connectivity index (χ0) is 22.9. The lowest BCUT2D eigenvalue weighted by atomic mass is 10.2. The molecule has 0 aliphatic carbocycles. The summed E-state index contributed by atoms with van der Waals surface area (Å²) in [7, 11) is -3.64. The molecule has 2 aromatic carbocycles. The van der Waals surface area contributed by atoms with Gasteiger partial charge in [-0.3, -0.25) is 10.1 Å². The van der Waals surface area contributed by atoms with E-state index in [1.54, 1.807) is 36.4 Å². The first-order valence-electron chi connectivity index (χ1n) is 10.0. The van der Waals surface area contributed by atoms with Gasteiger partial charge in [-0.1, -0.05) is 11.6 Å². The Kier molecular flexibility index (Phi) is 6.29. The first-order valence-corrected chi connectivity index (χ1v) is 11.8. The molecule has 1 aromatic heterocycles. The fraction of sp³-hybridized carbons (Fsp3) is 0.286. The van der Waals surface area contributed by atoms with Crippen LogP contribution in [0.15, 0.2) is 47.4 Å². The maximum atomic E-state index is 13.0. The maximum absolute atomic E-state index is 13.0. The number of hydrogen-bond donors (Lipinski definition) is 0. The second-order valence-electron chi connectivity index (χ2n) is 7.19. The first kappa shape index (κ1) is 22.4. The molecule has 9 nitrogen and oxygen atoms in total. The van der Waals surface area contributed by atoms with Crippen molar-refractivity contribution in [1.82, 2.24) is 13.9 Å². The minimum atomic E-state index is -3.64. The average Bonchev–Trinajstić information content (AvgIpc) is 3.18. The third kappa shape index (κ3) is 4.26. The standard InChI is InChI=1S/C21H21ClN4O5S/c1-2-25-20-8-7-17(32(29,30)24-9-11-31-12-10-24)14-19(20)23-21(25)18(22)13-15-3-5-16(6-4-15)26(27)28/h3-8,13-14H,2,9-12H2,1H3/b18-13-. The predicted molar refractivity (Wildman–Crippen MR) is 122 cm³/mol. The summed E-state index contributed by atoms with van der Waals surface area (Å²) in [4.78, 5) is 15.1. The largest absolute Gasteiger partial charge is 0.379 e. The van der Waals surface area contributed by atoms with Gasteiger partial charge in [0.1, 0.15) is 0 Å². The highest BCUT2D eigenvalue weighted by Gasteiger charge is 2.27. The van der Waals surface area contributed by atoms with Crippen LogP contribution in [0.5, 0.6) is 0 Å². The molecule has 0 N–H and O–H groups in total. The minimum absolute atomic E-state index is 0.00641. The van der Waals surface area contributed by atoms with E-state index < -0.39 is 14.9 Å². The highest BCUT2D eigenvalue weighted by molar-refractivity contribution is 7.89. The molecule has 0 spiro atoms. The smallest absolute Gasteiger partial charge is 0.269 e. The number of morpholine rings is 1. The Morgan fingerprint density at radius 1 is 1.22 bits per heavy atom. The highest BCUT2D eigenvalue weighted by atomic mass is 35.5. The number of ether oxygens (including phenoxy) is 1. The number of rotatable bonds is 6. The minimum Gasteiger partial charge on any atom is -0.379 e. The lowest BCUT2D eigenvalue weighted by molar-refractivity contribution is -0.384. The second-order valence-corrected chi connectivity index (χ2v) is 9.53. The Bertz CT molecular complexity index is 1300. The van der Waals surface area contributed by atoms with Crippen LogP contribution in [0.4, 0.5) is 5.69 Å². The van der Waals surface area contributed by atoms with Crippen LogP contribution in [0, 0.1) is 10.1 Å². The molecule has 168 valence electrons. The molecular formula is C21H21ClN4O5S. The molecule has 11 heteroatoms. The number of aromatic nitrogens is 2. The third-order valence-corrected chi connectivity index (χ3v) is 7.43. The van der Waals surface area contributed by atoms with Crippen molar-refractivity contribution in [2.24, 2.45) is 0 Å². The number of sulfonamides is 1. The summed E-state index contributed by atoms with van der Waals surface area (Å²) in [5, 5.41) is 11.2. The molecule has 0 radical (unpaired) electrons. The van der Waals surface area contributed by atoms with Crippen LogP contribution in [-0.4, -0.2) is 53.5 Å². The van der Waals surface area contributed by atoms with Gasteiger partial charge >= 0.3 is 0 Å². The van der Waals surface area contributed by atoms with Crippen LogP contribution >= 0.6 is 11.6 Å². The number of hydrogen-bond acceptors (Lipinski definition) is 6. The van der Waals surface area contributed by atoms with E-state index in [0.29, 0.717) is 54.8 Å². The molecule has 0 atom stereocenters. The van der Waals surface area contributed by atoms with E-state index in [1.165, 1.54) is 16.4 Å². The van der Waals surface area contributed by atoms with Crippen molar-refractivity contribution in [3.05, 3.63) is 64.0 Å². The fourth-order valence-corrected chi connectivity index (χ4v) is 5.31. The normalized spacial score (nSPS) is 15.9. The molecular weight excluding hydrogens is 456 g/mol. The zero-order valence-electron chi connectivity index (χ0n) is 17.3. The van der Waals surface area contributed by atoms with Crippen LogP contribution in [0.2, 0.25) is 0 Å². The zero-order valence-corrected chi connectivity index (χ0v) is 18.8. The summed E-state index contributed by atoms with van der Waals surface area (Å²) < 4.78 is 34.5. The van der Waals surface area contributed by atoms with Crippen molar-refractivity contribution in [1.29, 1.82) is 0 Å². The lowest BCUT2D eigenvalue weighted by Gasteiger charge is -2.26. The molecule has 32 heavy (non-hydrogen) atoms. The number of nitro groups is 1. The second kappa shape index (κ2) is 8.99. The number of halogens is 1. The number of aryl methyl sites for hydroxylation is 1. The number of benzene rings is 2. The van der Waals surface area contributed by atoms with Gasteiger partial charge in [-0.05, 0) is 48.9 Å². The summed E-state index contributed by atoms with van der Waals surface area (Å²) in [6.07, 6.45) is 1.67. The summed E-state index contributed by atoms with van der Waals surface area (Å²) in [6.45, 7) is 3.90. The molecule has 0 saturated carbocycles. The molecule has 1 aliphatic heterocycles. The van der Waals surface area contributed by atoms with Gasteiger partial charge < -0.3 is 9.30 Å². The SMILES string of the molecule is CCn1c(/C(Cl)=C/c2ccc([N+](=O)[O-])cc2)nc2cc(S(=O)(=O)N3CCOCC3)ccc21. The number of non-ortho nitro benzene ring substituents is 1. The molecule has 0 bridgehead atoms. The van der Waals surface area contributed by atoms with Gasteiger partial charge in [0.05, 0.1) is 39.1 Å². The summed E-state index contributed by atoms with van der Waals surface area (Å²) in [6, 6.07) is 10.9. The number of imidazole rings is 1. The van der Waals surface area contributed by atoms with Gasteiger partial charge in [0.2, 0.25) is 10.0 Å². The molecule has 1 fully saturated rings. The topological polar surface area (TPSA) is 108 Å². The van der Waals surface area contributed by atoms with Gasteiger partial charge in [-0.25, -0.2) is 13.4 Å². The molecule has 4 rings (SSSR count). The van der Waals surface area contributed by atoms with Crippen LogP contribution in [0.3, 0.4) is 0 Å². The van der Waals surface area contributed by atoms with E-state index in [2.05, 4.69) is 4.98 Å². The van der Waals surface area contributed by atoms with E-state index in [9.17, 15) is 18.5 Å². The average molecular weight is 477 g/mol. The van der Waals surface area contributed by atoms with Gasteiger partial charge in [-0.2, -0.15) is 4.31 Å². The Morgan fingerprint density at radius 3 is 2.53 bits per heavy atom. The van der Waals surface area contributed by atoms with Crippen LogP contribution in [-0.2, 0) is 21.3 Å². The van der Waals surface area contributed by atoms with Gasteiger partial charge in [-0.15, -0.1) is 0 Å². The van der Waals surface area contributed by atoms with E-state index in [4.69, 9.17) is 16.3 Å². The van der Waals surface area contributed by atoms with E-state index in [-0.39, 0.29) is 10.6 Å². The van der Waals surface area contributed by atoms with Crippen molar-refractivity contribution in [2.45, 2.75) is 18.4 Å². The maximum Gasteiger partial charge on any atom is 0.269 e. The van der Waals surface area contributed by atoms with E-state index in [1.807, 2.05) is 11.5 Å². The third-order valence-electron chi connectivity index (χ3n) is 5.25. The van der Waals surface area contributed by atoms with E-state index in [0.717, 1.165) is 5.52 Å². The molecule has 2 heterocycles. The number of nitro benzene ring substituents is 1. The quantitative estimate of drug-likeness (QED) is 0.396. The predicted octanol–water partition coefficient (Wildman–Crippen LogP) is 3.72. The molecule has 1 aliphatic rings. The number of fused-ring (bicyclic) bond motifs is 1. The molecule has 1 saturated heterocycles. The Balaban J connectivity index is 1.71. The van der Waals surface area contributed by atoms with Gasteiger partial charge in [0, 0.05) is 31.8 Å². The lowest BCUT2D eigenvalue weighted by Crippen LogP contribution is -2.40. The van der Waals surface area contributed by atoms with Crippen molar-refractivity contribution < 1.29 is 18.1 Å². The summed E-state index contributed by atoms with van der Waals surface area (Å²) in [5.74, 6) is 0.489. The Hall–Kier alpha value is -2.79. The summed E-state index contributed by atoms with van der Waals surface area (Å²) in [5.41, 5.74) is 1.96. The monoisotopic (exact) mass is 476 g/mol. The van der Waals surface area contributed by atoms with Gasteiger partial charge in [0.25, 0.3) is 5.69 Å². The molecule has 3 aromatic rings. The summed E-state index contributed by atoms with van der Waals surface area (Å²) >= 11 is 6.55. The van der Waals surface area contributed by atoms with Crippen molar-refractivity contribution in [2.75, 3.05) is 26.3 Å². The molecule has 0 amide bonds. The Labute approximate surface area is 190 Å². The first-order chi connectivity index (χ1) is 15.3. The number of nitrogens with zero attached hydrogens (tertiary/aromatic N) is 4. The van der Waals surface area contributed by atoms with Crippen LogP contribution in [0.1, 0.15) is 18.3 Å². The van der Waals surface area contributed by atoms with Gasteiger partial charge in [0.15, 0.2) is 5.82 Å². The van der Waals surface area contributed by atoms with Crippen LogP contribution < -0.4 is 0 Å². The fourth-order valence-electron chi connectivity index (χ4n) is 3.61. The van der Waals surface area contributed by atoms with Crippen LogP contribution in [0.25, 0.3) is 22.1 Å². The van der Waals surface area contributed by atoms with E-state index >= 15 is 0 Å². The van der Waals surface area contributed by atoms with Crippen molar-refractivity contribution in [3.63, 3.8) is 0 Å². The Morgan fingerprint density at radius 2 is 1.91 bits per heavy atom.